The maximum atomic E-state index is 4.58. The maximum Gasteiger partial charge on any atom is 0.227 e. The van der Waals surface area contributed by atoms with Crippen LogP contribution in [0.3, 0.4) is 0 Å². The Hall–Kier alpha value is -1.86. The van der Waals surface area contributed by atoms with Crippen molar-refractivity contribution in [1.82, 2.24) is 25.5 Å². The van der Waals surface area contributed by atoms with Crippen molar-refractivity contribution in [1.29, 1.82) is 0 Å². The fourth-order valence-electron chi connectivity index (χ4n) is 2.24. The third-order valence-electron chi connectivity index (χ3n) is 3.20. The SMILES string of the molecule is Cc1cc(Nc2cc(C)[nH]n2)nc(N2CCNCC2)n1.Cl. The first-order valence-electron chi connectivity index (χ1n) is 6.81. The van der Waals surface area contributed by atoms with Gasteiger partial charge in [-0.3, -0.25) is 5.10 Å². The second-order valence-corrected chi connectivity index (χ2v) is 4.99. The first-order valence-corrected chi connectivity index (χ1v) is 6.81. The molecule has 0 saturated carbocycles. The molecule has 3 rings (SSSR count). The first kappa shape index (κ1) is 15.5. The number of nitrogens with zero attached hydrogens (tertiary/aromatic N) is 4. The van der Waals surface area contributed by atoms with Crippen LogP contribution >= 0.6 is 12.4 Å². The van der Waals surface area contributed by atoms with Gasteiger partial charge in [-0.15, -0.1) is 12.4 Å². The van der Waals surface area contributed by atoms with Crippen LogP contribution in [0.2, 0.25) is 0 Å². The number of aromatic amines is 1. The van der Waals surface area contributed by atoms with Gasteiger partial charge in [0.25, 0.3) is 0 Å². The summed E-state index contributed by atoms with van der Waals surface area (Å²) in [7, 11) is 0. The van der Waals surface area contributed by atoms with Gasteiger partial charge in [0.15, 0.2) is 5.82 Å². The molecule has 7 nitrogen and oxygen atoms in total. The molecular formula is C13H20ClN7. The zero-order chi connectivity index (χ0) is 13.9. The average Bonchev–Trinajstić information content (AvgIpc) is 2.84. The van der Waals surface area contributed by atoms with Crippen molar-refractivity contribution in [3.63, 3.8) is 0 Å². The molecule has 1 aliphatic rings. The number of H-pyrrole nitrogens is 1. The lowest BCUT2D eigenvalue weighted by Gasteiger charge is -2.27. The average molecular weight is 310 g/mol. The number of hydrogen-bond donors (Lipinski definition) is 3. The number of halogens is 1. The van der Waals surface area contributed by atoms with Crippen molar-refractivity contribution in [2.45, 2.75) is 13.8 Å². The smallest absolute Gasteiger partial charge is 0.227 e. The van der Waals surface area contributed by atoms with Gasteiger partial charge < -0.3 is 15.5 Å². The molecule has 0 atom stereocenters. The minimum Gasteiger partial charge on any atom is -0.338 e. The largest absolute Gasteiger partial charge is 0.338 e. The van der Waals surface area contributed by atoms with E-state index in [4.69, 9.17) is 0 Å². The van der Waals surface area contributed by atoms with Crippen LogP contribution in [0, 0.1) is 13.8 Å². The highest BCUT2D eigenvalue weighted by Gasteiger charge is 2.14. The van der Waals surface area contributed by atoms with E-state index in [9.17, 15) is 0 Å². The minimum absolute atomic E-state index is 0. The zero-order valence-electron chi connectivity index (χ0n) is 12.2. The van der Waals surface area contributed by atoms with Crippen molar-refractivity contribution in [2.24, 2.45) is 0 Å². The van der Waals surface area contributed by atoms with E-state index >= 15 is 0 Å². The van der Waals surface area contributed by atoms with Gasteiger partial charge in [-0.1, -0.05) is 0 Å². The van der Waals surface area contributed by atoms with Crippen molar-refractivity contribution in [3.8, 4) is 0 Å². The second-order valence-electron chi connectivity index (χ2n) is 4.99. The summed E-state index contributed by atoms with van der Waals surface area (Å²) in [5, 5.41) is 13.6. The summed E-state index contributed by atoms with van der Waals surface area (Å²) >= 11 is 0. The zero-order valence-corrected chi connectivity index (χ0v) is 13.0. The first-order chi connectivity index (χ1) is 9.70. The lowest BCUT2D eigenvalue weighted by Crippen LogP contribution is -2.44. The van der Waals surface area contributed by atoms with Crippen LogP contribution in [0.1, 0.15) is 11.4 Å². The van der Waals surface area contributed by atoms with Crippen LogP contribution < -0.4 is 15.5 Å². The van der Waals surface area contributed by atoms with E-state index in [1.807, 2.05) is 26.0 Å². The molecule has 1 saturated heterocycles. The van der Waals surface area contributed by atoms with E-state index in [1.165, 1.54) is 0 Å². The van der Waals surface area contributed by atoms with Gasteiger partial charge in [-0.25, -0.2) is 4.98 Å². The molecule has 0 bridgehead atoms. The molecule has 3 N–H and O–H groups in total. The molecule has 8 heteroatoms. The Morgan fingerprint density at radius 2 is 1.86 bits per heavy atom. The van der Waals surface area contributed by atoms with Crippen molar-refractivity contribution >= 4 is 30.0 Å². The molecule has 1 fully saturated rings. The lowest BCUT2D eigenvalue weighted by atomic mass is 10.3. The molecular weight excluding hydrogens is 290 g/mol. The van der Waals surface area contributed by atoms with Crippen molar-refractivity contribution in [3.05, 3.63) is 23.5 Å². The quantitative estimate of drug-likeness (QED) is 0.795. The number of hydrogen-bond acceptors (Lipinski definition) is 6. The Morgan fingerprint density at radius 1 is 1.10 bits per heavy atom. The highest BCUT2D eigenvalue weighted by molar-refractivity contribution is 5.85. The molecule has 114 valence electrons. The number of piperazine rings is 1. The van der Waals surface area contributed by atoms with Crippen molar-refractivity contribution in [2.75, 3.05) is 36.4 Å². The summed E-state index contributed by atoms with van der Waals surface area (Å²) < 4.78 is 0. The predicted octanol–water partition coefficient (Wildman–Crippen LogP) is 1.39. The fraction of sp³-hybridized carbons (Fsp3) is 0.462. The molecule has 0 spiro atoms. The monoisotopic (exact) mass is 309 g/mol. The van der Waals surface area contributed by atoms with Crippen LogP contribution in [-0.2, 0) is 0 Å². The summed E-state index contributed by atoms with van der Waals surface area (Å²) in [5.74, 6) is 2.32. The van der Waals surface area contributed by atoms with Gasteiger partial charge in [0, 0.05) is 49.7 Å². The maximum absolute atomic E-state index is 4.58. The van der Waals surface area contributed by atoms with Gasteiger partial charge in [-0.2, -0.15) is 10.1 Å². The summed E-state index contributed by atoms with van der Waals surface area (Å²) in [6.07, 6.45) is 0. The minimum atomic E-state index is 0. The Morgan fingerprint density at radius 3 is 2.52 bits per heavy atom. The van der Waals surface area contributed by atoms with E-state index in [1.54, 1.807) is 0 Å². The van der Waals surface area contributed by atoms with E-state index in [0.717, 1.165) is 55.2 Å². The molecule has 2 aromatic heterocycles. The third kappa shape index (κ3) is 3.83. The molecule has 0 aliphatic carbocycles. The molecule has 2 aromatic rings. The van der Waals surface area contributed by atoms with Gasteiger partial charge in [-0.05, 0) is 13.8 Å². The molecule has 0 radical (unpaired) electrons. The summed E-state index contributed by atoms with van der Waals surface area (Å²) in [6.45, 7) is 7.76. The Balaban J connectivity index is 0.00000161. The molecule has 21 heavy (non-hydrogen) atoms. The standard InChI is InChI=1S/C13H19N7.ClH/c1-9-7-11(16-12-8-10(2)18-19-12)17-13(15-9)20-5-3-14-4-6-20;/h7-8,14H,3-6H2,1-2H3,(H2,15,16,17,18,19);1H. The molecule has 1 aliphatic heterocycles. The number of rotatable bonds is 3. The van der Waals surface area contributed by atoms with Gasteiger partial charge in [0.1, 0.15) is 5.82 Å². The Labute approximate surface area is 130 Å². The summed E-state index contributed by atoms with van der Waals surface area (Å²) in [5.41, 5.74) is 1.96. The molecule has 0 aromatic carbocycles. The molecule has 3 heterocycles. The van der Waals surface area contributed by atoms with Gasteiger partial charge >= 0.3 is 0 Å². The van der Waals surface area contributed by atoms with E-state index in [0.29, 0.717) is 0 Å². The van der Waals surface area contributed by atoms with E-state index in [-0.39, 0.29) is 12.4 Å². The molecule has 0 unspecified atom stereocenters. The lowest BCUT2D eigenvalue weighted by molar-refractivity contribution is 0.579. The summed E-state index contributed by atoms with van der Waals surface area (Å²) in [6, 6.07) is 3.87. The van der Waals surface area contributed by atoms with Crippen LogP contribution in [0.15, 0.2) is 12.1 Å². The summed E-state index contributed by atoms with van der Waals surface area (Å²) in [4.78, 5) is 11.3. The molecule has 0 amide bonds. The van der Waals surface area contributed by atoms with Crippen LogP contribution in [0.5, 0.6) is 0 Å². The van der Waals surface area contributed by atoms with E-state index in [2.05, 4.69) is 35.7 Å². The van der Waals surface area contributed by atoms with Crippen LogP contribution in [0.4, 0.5) is 17.6 Å². The van der Waals surface area contributed by atoms with Gasteiger partial charge in [0.05, 0.1) is 0 Å². The van der Waals surface area contributed by atoms with Gasteiger partial charge in [0.2, 0.25) is 5.95 Å². The van der Waals surface area contributed by atoms with Crippen LogP contribution in [0.25, 0.3) is 0 Å². The topological polar surface area (TPSA) is 81.8 Å². The number of aryl methyl sites for hydroxylation is 2. The highest BCUT2D eigenvalue weighted by atomic mass is 35.5. The third-order valence-corrected chi connectivity index (χ3v) is 3.20. The number of nitrogens with one attached hydrogen (secondary N) is 3. The van der Waals surface area contributed by atoms with E-state index < -0.39 is 0 Å². The number of aromatic nitrogens is 4. The van der Waals surface area contributed by atoms with Crippen molar-refractivity contribution < 1.29 is 0 Å². The Kier molecular flexibility index (Phi) is 4.98. The fourth-order valence-corrected chi connectivity index (χ4v) is 2.24. The second kappa shape index (κ2) is 6.73. The van der Waals surface area contributed by atoms with Crippen LogP contribution in [-0.4, -0.2) is 46.3 Å². The number of anilines is 3. The highest BCUT2D eigenvalue weighted by Crippen LogP contribution is 2.17. The predicted molar refractivity (Wildman–Crippen MR) is 85.7 cm³/mol. The normalized spacial score (nSPS) is 14.7. The Bertz CT molecular complexity index is 592.